The van der Waals surface area contributed by atoms with Crippen molar-refractivity contribution in [2.45, 2.75) is 37.8 Å². The molecule has 11 heteroatoms. The third-order valence-corrected chi connectivity index (χ3v) is 8.29. The molecule has 2 amide bonds. The van der Waals surface area contributed by atoms with E-state index in [1.165, 1.54) is 37.3 Å². The molecular weight excluding hydrogens is 554 g/mol. The summed E-state index contributed by atoms with van der Waals surface area (Å²) in [6, 6.07) is 18.6. The van der Waals surface area contributed by atoms with Crippen LogP contribution < -0.4 is 19.1 Å². The molecule has 0 aromatic heterocycles. The minimum atomic E-state index is -4.25. The van der Waals surface area contributed by atoms with Gasteiger partial charge in [-0.25, -0.2) is 8.42 Å². The van der Waals surface area contributed by atoms with E-state index in [9.17, 15) is 18.0 Å². The fourth-order valence-corrected chi connectivity index (χ4v) is 5.79. The molecule has 3 rings (SSSR count). The Morgan fingerprint density at radius 2 is 1.62 bits per heavy atom. The summed E-state index contributed by atoms with van der Waals surface area (Å²) in [5.74, 6) is -0.294. The van der Waals surface area contributed by atoms with Crippen molar-refractivity contribution in [3.8, 4) is 11.5 Å². The molecule has 0 heterocycles. The number of halogens is 1. The van der Waals surface area contributed by atoms with Gasteiger partial charge in [-0.15, -0.1) is 0 Å². The van der Waals surface area contributed by atoms with Gasteiger partial charge >= 0.3 is 0 Å². The highest BCUT2D eigenvalue weighted by Crippen LogP contribution is 2.36. The molecule has 0 radical (unpaired) electrons. The van der Waals surface area contributed by atoms with Crippen molar-refractivity contribution in [2.75, 3.05) is 31.6 Å². The molecule has 1 atom stereocenters. The van der Waals surface area contributed by atoms with Crippen LogP contribution in [0, 0.1) is 0 Å². The Balaban J connectivity index is 2.13. The van der Waals surface area contributed by atoms with Crippen LogP contribution in [0.1, 0.15) is 25.8 Å². The van der Waals surface area contributed by atoms with E-state index >= 15 is 0 Å². The van der Waals surface area contributed by atoms with E-state index < -0.39 is 28.5 Å². The van der Waals surface area contributed by atoms with Crippen LogP contribution in [0.4, 0.5) is 5.69 Å². The normalized spacial score (nSPS) is 11.8. The molecule has 0 spiro atoms. The predicted octanol–water partition coefficient (Wildman–Crippen LogP) is 4.50. The summed E-state index contributed by atoms with van der Waals surface area (Å²) in [5.41, 5.74) is 0.855. The van der Waals surface area contributed by atoms with Crippen molar-refractivity contribution < 1.29 is 27.5 Å². The summed E-state index contributed by atoms with van der Waals surface area (Å²) < 4.78 is 39.8. The number of ether oxygens (including phenoxy) is 2. The summed E-state index contributed by atoms with van der Waals surface area (Å²) in [5, 5.41) is 3.31. The molecule has 0 fully saturated rings. The van der Waals surface area contributed by atoms with Crippen LogP contribution in [-0.2, 0) is 26.2 Å². The van der Waals surface area contributed by atoms with Gasteiger partial charge in [0.25, 0.3) is 10.0 Å². The highest BCUT2D eigenvalue weighted by Gasteiger charge is 2.34. The van der Waals surface area contributed by atoms with Gasteiger partial charge in [0.2, 0.25) is 11.8 Å². The van der Waals surface area contributed by atoms with Crippen molar-refractivity contribution in [2.24, 2.45) is 0 Å². The maximum Gasteiger partial charge on any atom is 0.264 e. The van der Waals surface area contributed by atoms with E-state index in [4.69, 9.17) is 21.1 Å². The number of nitrogens with one attached hydrogen (secondary N) is 1. The lowest BCUT2D eigenvalue weighted by molar-refractivity contribution is -0.140. The second-order valence-corrected chi connectivity index (χ2v) is 11.1. The van der Waals surface area contributed by atoms with E-state index in [-0.39, 0.29) is 28.8 Å². The van der Waals surface area contributed by atoms with Crippen molar-refractivity contribution in [1.82, 2.24) is 10.2 Å². The number of anilines is 1. The first-order chi connectivity index (χ1) is 19.2. The van der Waals surface area contributed by atoms with Gasteiger partial charge in [-0.3, -0.25) is 13.9 Å². The summed E-state index contributed by atoms with van der Waals surface area (Å²) in [6.07, 6.45) is 0.319. The summed E-state index contributed by atoms with van der Waals surface area (Å²) in [4.78, 5) is 28.5. The molecule has 0 saturated carbocycles. The smallest absolute Gasteiger partial charge is 0.264 e. The van der Waals surface area contributed by atoms with Crippen molar-refractivity contribution in [1.29, 1.82) is 0 Å². The van der Waals surface area contributed by atoms with Crippen LogP contribution in [0.2, 0.25) is 5.02 Å². The molecule has 0 aliphatic heterocycles. The van der Waals surface area contributed by atoms with Crippen LogP contribution in [0.15, 0.2) is 77.7 Å². The van der Waals surface area contributed by atoms with E-state index in [1.807, 2.05) is 0 Å². The molecule has 9 nitrogen and oxygen atoms in total. The van der Waals surface area contributed by atoms with Gasteiger partial charge in [0, 0.05) is 24.2 Å². The monoisotopic (exact) mass is 587 g/mol. The Morgan fingerprint density at radius 1 is 0.950 bits per heavy atom. The Hall–Kier alpha value is -3.76. The number of amides is 2. The molecule has 0 aliphatic rings. The third-order valence-electron chi connectivity index (χ3n) is 6.27. The number of hydrogen-bond acceptors (Lipinski definition) is 6. The number of hydrogen-bond donors (Lipinski definition) is 1. The second kappa shape index (κ2) is 14.0. The summed E-state index contributed by atoms with van der Waals surface area (Å²) in [6.45, 7) is 3.45. The summed E-state index contributed by atoms with van der Waals surface area (Å²) in [7, 11) is -1.38. The SMILES string of the molecule is CCNC(=O)[C@@H](CC)N(Cc1ccc(Cl)cc1)C(=O)CN(c1cc(OC)ccc1OC)S(=O)(=O)c1ccccc1. The maximum atomic E-state index is 14.1. The molecule has 214 valence electrons. The van der Waals surface area contributed by atoms with Gasteiger partial charge < -0.3 is 19.7 Å². The summed E-state index contributed by atoms with van der Waals surface area (Å²) >= 11 is 6.05. The molecule has 1 N–H and O–H groups in total. The number of nitrogens with zero attached hydrogens (tertiary/aromatic N) is 2. The first-order valence-electron chi connectivity index (χ1n) is 12.8. The number of likely N-dealkylation sites (N-methyl/N-ethyl adjacent to an activating group) is 1. The highest BCUT2D eigenvalue weighted by molar-refractivity contribution is 7.92. The molecular formula is C29H34ClN3O6S. The van der Waals surface area contributed by atoms with E-state index in [0.717, 1.165) is 9.87 Å². The van der Waals surface area contributed by atoms with Crippen LogP contribution >= 0.6 is 11.6 Å². The molecule has 3 aromatic rings. The average molecular weight is 588 g/mol. The first kappa shape index (κ1) is 30.8. The fourth-order valence-electron chi connectivity index (χ4n) is 4.22. The zero-order valence-electron chi connectivity index (χ0n) is 23.0. The van der Waals surface area contributed by atoms with Gasteiger partial charge in [-0.2, -0.15) is 0 Å². The molecule has 0 aliphatic carbocycles. The number of benzene rings is 3. The lowest BCUT2D eigenvalue weighted by atomic mass is 10.1. The second-order valence-electron chi connectivity index (χ2n) is 8.83. The van der Waals surface area contributed by atoms with Gasteiger partial charge in [0.05, 0.1) is 24.8 Å². The van der Waals surface area contributed by atoms with Gasteiger partial charge in [0.1, 0.15) is 24.1 Å². The minimum Gasteiger partial charge on any atom is -0.497 e. The van der Waals surface area contributed by atoms with Crippen LogP contribution in [0.3, 0.4) is 0 Å². The quantitative estimate of drug-likeness (QED) is 0.316. The van der Waals surface area contributed by atoms with Crippen LogP contribution in [0.25, 0.3) is 0 Å². The molecule has 0 saturated heterocycles. The van der Waals surface area contributed by atoms with Gasteiger partial charge in [-0.05, 0) is 55.3 Å². The zero-order chi connectivity index (χ0) is 29.3. The average Bonchev–Trinajstić information content (AvgIpc) is 2.96. The number of sulfonamides is 1. The molecule has 40 heavy (non-hydrogen) atoms. The van der Waals surface area contributed by atoms with Crippen molar-refractivity contribution >= 4 is 39.1 Å². The minimum absolute atomic E-state index is 0.00677. The maximum absolute atomic E-state index is 14.1. The lowest BCUT2D eigenvalue weighted by Crippen LogP contribution is -2.52. The van der Waals surface area contributed by atoms with Gasteiger partial charge in [0.15, 0.2) is 0 Å². The largest absolute Gasteiger partial charge is 0.497 e. The van der Waals surface area contributed by atoms with Crippen molar-refractivity contribution in [3.05, 3.63) is 83.4 Å². The number of carbonyl (C=O) groups is 2. The predicted molar refractivity (Wildman–Crippen MR) is 155 cm³/mol. The Labute approximate surface area is 240 Å². The number of rotatable bonds is 13. The van der Waals surface area contributed by atoms with Crippen molar-refractivity contribution in [3.63, 3.8) is 0 Å². The fraction of sp³-hybridized carbons (Fsp3) is 0.310. The highest BCUT2D eigenvalue weighted by atomic mass is 35.5. The number of carbonyl (C=O) groups excluding carboxylic acids is 2. The molecule has 0 unspecified atom stereocenters. The Kier molecular flexibility index (Phi) is 10.8. The van der Waals surface area contributed by atoms with E-state index in [1.54, 1.807) is 68.4 Å². The zero-order valence-corrected chi connectivity index (χ0v) is 24.5. The first-order valence-corrected chi connectivity index (χ1v) is 14.6. The van der Waals surface area contributed by atoms with Gasteiger partial charge in [-0.1, -0.05) is 48.9 Å². The molecule has 3 aromatic carbocycles. The topological polar surface area (TPSA) is 105 Å². The van der Waals surface area contributed by atoms with Crippen LogP contribution in [0.5, 0.6) is 11.5 Å². The standard InChI is InChI=1S/C29H34ClN3O6S/c1-5-25(29(35)31-6-2)32(19-21-12-14-22(30)15-13-21)28(34)20-33(40(36,37)24-10-8-7-9-11-24)26-18-23(38-3)16-17-27(26)39-4/h7-18,25H,5-6,19-20H2,1-4H3,(H,31,35)/t25-/m1/s1. The molecule has 0 bridgehead atoms. The number of methoxy groups -OCH3 is 2. The Morgan fingerprint density at radius 3 is 2.20 bits per heavy atom. The van der Waals surface area contributed by atoms with E-state index in [2.05, 4.69) is 5.32 Å². The third kappa shape index (κ3) is 7.25. The Bertz CT molecular complexity index is 1400. The lowest BCUT2D eigenvalue weighted by Gasteiger charge is -2.33. The van der Waals surface area contributed by atoms with Crippen LogP contribution in [-0.4, -0.2) is 58.5 Å². The van der Waals surface area contributed by atoms with E-state index in [0.29, 0.717) is 23.7 Å².